The first kappa shape index (κ1) is 15.5. The number of nitrogens with two attached hydrogens (primary N) is 1. The average molecular weight is 348 g/mol. The van der Waals surface area contributed by atoms with Gasteiger partial charge in [-0.25, -0.2) is 20.8 Å². The van der Waals surface area contributed by atoms with Crippen LogP contribution < -0.4 is 16.3 Å². The minimum Gasteiger partial charge on any atom is -0.384 e. The summed E-state index contributed by atoms with van der Waals surface area (Å²) in [6.45, 7) is 0.397. The van der Waals surface area contributed by atoms with Crippen LogP contribution in [0.2, 0.25) is 5.15 Å². The maximum Gasteiger partial charge on any atom is 0.175 e. The molecule has 0 atom stereocenters. The molecule has 0 unspecified atom stereocenters. The van der Waals surface area contributed by atoms with Crippen LogP contribution in [0, 0.1) is 0 Å². The largest absolute Gasteiger partial charge is 0.384 e. The van der Waals surface area contributed by atoms with Crippen LogP contribution in [0.1, 0.15) is 37.1 Å². The van der Waals surface area contributed by atoms with E-state index in [-0.39, 0.29) is 0 Å². The summed E-state index contributed by atoms with van der Waals surface area (Å²) in [5.41, 5.74) is 4.17. The molecule has 4 rings (SSSR count). The normalized spacial score (nSPS) is 19.4. The Bertz CT molecular complexity index is 765. The number of hydrogen-bond acceptors (Lipinski definition) is 8. The highest BCUT2D eigenvalue weighted by atomic mass is 35.5. The van der Waals surface area contributed by atoms with Crippen molar-refractivity contribution in [3.05, 3.63) is 41.1 Å². The van der Waals surface area contributed by atoms with Gasteiger partial charge in [0.2, 0.25) is 0 Å². The van der Waals surface area contributed by atoms with Crippen LogP contribution in [0.25, 0.3) is 0 Å². The number of aliphatic hydroxyl groups is 1. The molecular weight excluding hydrogens is 330 g/mol. The number of fused-ring (bicyclic) bond motifs is 1. The molecule has 0 aromatic carbocycles. The Balaban J connectivity index is 1.62. The smallest absolute Gasteiger partial charge is 0.175 e. The maximum absolute atomic E-state index is 10.7. The Morgan fingerprint density at radius 2 is 2.08 bits per heavy atom. The standard InChI is InChI=1S/C15H18ClN7O/c16-13-12-14(19-9-18-13)22(23(17)21-12)8-10-4-3-5-11(20-10)15(24)6-1-2-7-15/h3-5,9,21,24H,1-2,6-8,17H2. The molecule has 0 saturated heterocycles. The van der Waals surface area contributed by atoms with Crippen LogP contribution in [0.5, 0.6) is 0 Å². The number of hydrogen-bond donors (Lipinski definition) is 3. The van der Waals surface area contributed by atoms with Gasteiger partial charge in [-0.05, 0) is 25.0 Å². The number of pyridine rings is 1. The quantitative estimate of drug-likeness (QED) is 0.569. The molecule has 9 heteroatoms. The molecule has 24 heavy (non-hydrogen) atoms. The molecule has 0 bridgehead atoms. The molecular formula is C15H18ClN7O. The van der Waals surface area contributed by atoms with E-state index >= 15 is 0 Å². The van der Waals surface area contributed by atoms with Gasteiger partial charge in [-0.15, -0.1) is 0 Å². The number of rotatable bonds is 3. The van der Waals surface area contributed by atoms with Gasteiger partial charge in [0.05, 0.1) is 17.9 Å². The van der Waals surface area contributed by atoms with E-state index in [1.165, 1.54) is 11.6 Å². The van der Waals surface area contributed by atoms with Gasteiger partial charge in [0, 0.05) is 0 Å². The minimum atomic E-state index is -0.814. The van der Waals surface area contributed by atoms with Crippen molar-refractivity contribution in [1.29, 1.82) is 0 Å². The van der Waals surface area contributed by atoms with Crippen LogP contribution in [-0.4, -0.2) is 25.3 Å². The monoisotopic (exact) mass is 347 g/mol. The molecule has 1 saturated carbocycles. The fourth-order valence-electron chi connectivity index (χ4n) is 3.27. The molecule has 2 aromatic rings. The number of hydrazine groups is 3. The molecule has 3 heterocycles. The molecule has 0 radical (unpaired) electrons. The van der Waals surface area contributed by atoms with Gasteiger partial charge in [-0.1, -0.05) is 35.7 Å². The van der Waals surface area contributed by atoms with Crippen molar-refractivity contribution in [2.45, 2.75) is 37.8 Å². The molecule has 2 aromatic heterocycles. The van der Waals surface area contributed by atoms with Crippen LogP contribution in [-0.2, 0) is 12.1 Å². The van der Waals surface area contributed by atoms with E-state index < -0.39 is 5.60 Å². The predicted molar refractivity (Wildman–Crippen MR) is 89.5 cm³/mol. The lowest BCUT2D eigenvalue weighted by molar-refractivity contribution is 0.0397. The predicted octanol–water partition coefficient (Wildman–Crippen LogP) is 1.72. The Labute approximate surface area is 144 Å². The van der Waals surface area contributed by atoms with Crippen LogP contribution >= 0.6 is 11.6 Å². The summed E-state index contributed by atoms with van der Waals surface area (Å²) < 4.78 is 0. The van der Waals surface area contributed by atoms with Gasteiger partial charge in [0.15, 0.2) is 11.0 Å². The van der Waals surface area contributed by atoms with Crippen molar-refractivity contribution in [1.82, 2.24) is 20.2 Å². The van der Waals surface area contributed by atoms with E-state index in [0.717, 1.165) is 31.4 Å². The maximum atomic E-state index is 10.7. The third-order valence-corrected chi connectivity index (χ3v) is 4.82. The molecule has 0 amide bonds. The lowest BCUT2D eigenvalue weighted by Crippen LogP contribution is -2.46. The number of halogens is 1. The molecule has 126 valence electrons. The van der Waals surface area contributed by atoms with E-state index in [1.54, 1.807) is 5.01 Å². The van der Waals surface area contributed by atoms with E-state index in [4.69, 9.17) is 17.4 Å². The second-order valence-corrected chi connectivity index (χ2v) is 6.49. The lowest BCUT2D eigenvalue weighted by Gasteiger charge is -2.25. The van der Waals surface area contributed by atoms with Gasteiger partial charge in [-0.2, -0.15) is 0 Å². The van der Waals surface area contributed by atoms with Crippen molar-refractivity contribution >= 4 is 23.1 Å². The van der Waals surface area contributed by atoms with Crippen molar-refractivity contribution in [2.24, 2.45) is 5.84 Å². The Kier molecular flexibility index (Phi) is 3.76. The molecule has 1 aliphatic carbocycles. The second-order valence-electron chi connectivity index (χ2n) is 6.13. The molecule has 1 aliphatic heterocycles. The summed E-state index contributed by atoms with van der Waals surface area (Å²) >= 11 is 6.06. The SMILES string of the molecule is NN1Nc2c(Cl)ncnc2N1Cc1cccc(C2(O)CCCC2)n1. The number of nitrogens with one attached hydrogen (secondary N) is 1. The van der Waals surface area contributed by atoms with E-state index in [9.17, 15) is 5.11 Å². The summed E-state index contributed by atoms with van der Waals surface area (Å²) in [4.78, 5) is 12.8. The second kappa shape index (κ2) is 5.82. The van der Waals surface area contributed by atoms with Crippen LogP contribution in [0.3, 0.4) is 0 Å². The van der Waals surface area contributed by atoms with E-state index in [1.807, 2.05) is 18.2 Å². The first-order valence-electron chi connectivity index (χ1n) is 7.85. The average Bonchev–Trinajstić information content (AvgIpc) is 3.15. The summed E-state index contributed by atoms with van der Waals surface area (Å²) in [5, 5.41) is 14.1. The van der Waals surface area contributed by atoms with Gasteiger partial charge < -0.3 is 5.11 Å². The molecule has 4 N–H and O–H groups in total. The zero-order valence-electron chi connectivity index (χ0n) is 13.0. The zero-order valence-corrected chi connectivity index (χ0v) is 13.7. The minimum absolute atomic E-state index is 0.305. The van der Waals surface area contributed by atoms with Crippen molar-refractivity contribution < 1.29 is 5.11 Å². The third-order valence-electron chi connectivity index (χ3n) is 4.54. The highest BCUT2D eigenvalue weighted by Crippen LogP contribution is 2.38. The van der Waals surface area contributed by atoms with Gasteiger partial charge in [0.25, 0.3) is 0 Å². The third kappa shape index (κ3) is 2.57. The van der Waals surface area contributed by atoms with E-state index in [2.05, 4.69) is 20.4 Å². The van der Waals surface area contributed by atoms with Crippen LogP contribution in [0.4, 0.5) is 11.5 Å². The number of aromatic nitrogens is 3. The Hall–Kier alpha value is -2.00. The molecule has 8 nitrogen and oxygen atoms in total. The summed E-state index contributed by atoms with van der Waals surface area (Å²) in [6.07, 6.45) is 4.95. The topological polar surface area (TPSA) is 103 Å². The molecule has 1 fully saturated rings. The van der Waals surface area contributed by atoms with E-state index in [0.29, 0.717) is 28.9 Å². The van der Waals surface area contributed by atoms with Crippen LogP contribution in [0.15, 0.2) is 24.5 Å². The van der Waals surface area contributed by atoms with Crippen molar-refractivity contribution in [3.8, 4) is 0 Å². The first-order valence-corrected chi connectivity index (χ1v) is 8.23. The summed E-state index contributed by atoms with van der Waals surface area (Å²) in [5.74, 6) is 6.56. The fourth-order valence-corrected chi connectivity index (χ4v) is 3.44. The van der Waals surface area contributed by atoms with Gasteiger partial charge >= 0.3 is 0 Å². The Morgan fingerprint density at radius 3 is 2.88 bits per heavy atom. The summed E-state index contributed by atoms with van der Waals surface area (Å²) in [7, 11) is 0. The zero-order chi connectivity index (χ0) is 16.7. The van der Waals surface area contributed by atoms with Gasteiger partial charge in [0.1, 0.15) is 17.6 Å². The fraction of sp³-hybridized carbons (Fsp3) is 0.400. The highest BCUT2D eigenvalue weighted by Gasteiger charge is 2.35. The van der Waals surface area contributed by atoms with Crippen molar-refractivity contribution in [3.63, 3.8) is 0 Å². The molecule has 0 spiro atoms. The number of nitrogens with zero attached hydrogens (tertiary/aromatic N) is 5. The Morgan fingerprint density at radius 1 is 1.29 bits per heavy atom. The first-order chi connectivity index (χ1) is 11.6. The number of anilines is 2. The highest BCUT2D eigenvalue weighted by molar-refractivity contribution is 6.32. The van der Waals surface area contributed by atoms with Gasteiger partial charge in [-0.3, -0.25) is 10.4 Å². The van der Waals surface area contributed by atoms with Crippen molar-refractivity contribution in [2.75, 3.05) is 10.4 Å². The summed E-state index contributed by atoms with van der Waals surface area (Å²) in [6, 6.07) is 5.69. The lowest BCUT2D eigenvalue weighted by atomic mass is 9.97. The molecule has 2 aliphatic rings.